The summed E-state index contributed by atoms with van der Waals surface area (Å²) >= 11 is 0. The summed E-state index contributed by atoms with van der Waals surface area (Å²) in [6.07, 6.45) is 2.69. The van der Waals surface area contributed by atoms with Crippen molar-refractivity contribution in [3.05, 3.63) is 12.1 Å². The molecular weight excluding hydrogens is 204 g/mol. The second kappa shape index (κ2) is 6.76. The minimum atomic E-state index is -0.0546. The van der Waals surface area contributed by atoms with Crippen molar-refractivity contribution < 1.29 is 4.79 Å². The Bertz CT molecular complexity index is 323. The smallest absolute Gasteiger partial charge is 0.225 e. The number of carbonyl (C=O) groups is 1. The molecule has 1 aromatic heterocycles. The molecule has 0 aromatic carbocycles. The molecule has 0 unspecified atom stereocenters. The van der Waals surface area contributed by atoms with Crippen LogP contribution >= 0.6 is 0 Å². The molecule has 5 heteroatoms. The van der Waals surface area contributed by atoms with Gasteiger partial charge in [0, 0.05) is 13.0 Å². The first-order chi connectivity index (χ1) is 7.76. The highest BCUT2D eigenvalue weighted by atomic mass is 16.1. The molecule has 0 atom stereocenters. The molecule has 1 amide bonds. The minimum absolute atomic E-state index is 0.0546. The van der Waals surface area contributed by atoms with Crippen molar-refractivity contribution in [3.63, 3.8) is 0 Å². The van der Waals surface area contributed by atoms with Gasteiger partial charge in [0.25, 0.3) is 0 Å². The molecule has 1 rings (SSSR count). The van der Waals surface area contributed by atoms with Crippen molar-refractivity contribution in [2.45, 2.75) is 33.1 Å². The summed E-state index contributed by atoms with van der Waals surface area (Å²) in [6, 6.07) is 3.56. The normalized spacial score (nSPS) is 9.88. The van der Waals surface area contributed by atoms with Gasteiger partial charge in [0.1, 0.15) is 5.82 Å². The molecule has 5 nitrogen and oxygen atoms in total. The van der Waals surface area contributed by atoms with Crippen molar-refractivity contribution in [1.29, 1.82) is 0 Å². The molecule has 0 saturated heterocycles. The number of rotatable bonds is 6. The largest absolute Gasteiger partial charge is 0.369 e. The highest BCUT2D eigenvalue weighted by Crippen LogP contribution is 2.06. The number of nitrogens with zero attached hydrogens (tertiary/aromatic N) is 2. The number of amides is 1. The molecule has 0 spiro atoms. The minimum Gasteiger partial charge on any atom is -0.369 e. The lowest BCUT2D eigenvalue weighted by molar-refractivity contribution is -0.115. The van der Waals surface area contributed by atoms with Crippen LogP contribution in [0.2, 0.25) is 0 Å². The van der Waals surface area contributed by atoms with Gasteiger partial charge in [0.05, 0.1) is 0 Å². The number of anilines is 2. The summed E-state index contributed by atoms with van der Waals surface area (Å²) < 4.78 is 0. The van der Waals surface area contributed by atoms with Gasteiger partial charge in [-0.25, -0.2) is 0 Å². The third-order valence-corrected chi connectivity index (χ3v) is 2.09. The van der Waals surface area contributed by atoms with E-state index in [4.69, 9.17) is 0 Å². The van der Waals surface area contributed by atoms with E-state index in [1.807, 2.05) is 6.07 Å². The monoisotopic (exact) mass is 222 g/mol. The van der Waals surface area contributed by atoms with E-state index >= 15 is 0 Å². The van der Waals surface area contributed by atoms with Gasteiger partial charge in [-0.05, 0) is 18.6 Å². The summed E-state index contributed by atoms with van der Waals surface area (Å²) in [5.41, 5.74) is 0. The van der Waals surface area contributed by atoms with Gasteiger partial charge in [-0.1, -0.05) is 20.3 Å². The highest BCUT2D eigenvalue weighted by Gasteiger charge is 2.00. The maximum Gasteiger partial charge on any atom is 0.225 e. The van der Waals surface area contributed by atoms with E-state index in [0.29, 0.717) is 12.2 Å². The van der Waals surface area contributed by atoms with Gasteiger partial charge in [0.15, 0.2) is 5.82 Å². The number of unbranched alkanes of at least 4 members (excludes halogenated alkanes) is 1. The topological polar surface area (TPSA) is 66.9 Å². The zero-order valence-electron chi connectivity index (χ0n) is 9.79. The SMILES string of the molecule is CCCCNc1ccc(NC(=O)CC)nn1. The quantitative estimate of drug-likeness (QED) is 0.723. The molecule has 1 aromatic rings. The van der Waals surface area contributed by atoms with Crippen LogP contribution in [0.5, 0.6) is 0 Å². The van der Waals surface area contributed by atoms with Crippen LogP contribution in [0.4, 0.5) is 11.6 Å². The summed E-state index contributed by atoms with van der Waals surface area (Å²) in [5.74, 6) is 1.18. The molecule has 88 valence electrons. The van der Waals surface area contributed by atoms with Crippen LogP contribution in [-0.2, 0) is 4.79 Å². The number of hydrogen-bond acceptors (Lipinski definition) is 4. The Morgan fingerprint density at radius 3 is 2.50 bits per heavy atom. The van der Waals surface area contributed by atoms with Crippen molar-refractivity contribution in [1.82, 2.24) is 10.2 Å². The van der Waals surface area contributed by atoms with Gasteiger partial charge in [-0.15, -0.1) is 10.2 Å². The molecule has 0 aliphatic rings. The first kappa shape index (κ1) is 12.4. The van der Waals surface area contributed by atoms with E-state index in [1.54, 1.807) is 13.0 Å². The maximum atomic E-state index is 11.1. The molecular formula is C11H18N4O. The third kappa shape index (κ3) is 4.25. The number of hydrogen-bond donors (Lipinski definition) is 2. The van der Waals surface area contributed by atoms with Crippen LogP contribution in [-0.4, -0.2) is 22.6 Å². The third-order valence-electron chi connectivity index (χ3n) is 2.09. The second-order valence-corrected chi connectivity index (χ2v) is 3.49. The Kier molecular flexibility index (Phi) is 5.25. The van der Waals surface area contributed by atoms with Crippen LogP contribution in [0.25, 0.3) is 0 Å². The average Bonchev–Trinajstić information content (AvgIpc) is 2.31. The lowest BCUT2D eigenvalue weighted by Crippen LogP contribution is -2.12. The van der Waals surface area contributed by atoms with Gasteiger partial charge >= 0.3 is 0 Å². The fraction of sp³-hybridized carbons (Fsp3) is 0.545. The highest BCUT2D eigenvalue weighted by molar-refractivity contribution is 5.89. The molecule has 0 bridgehead atoms. The molecule has 0 radical (unpaired) electrons. The Hall–Kier alpha value is -1.65. The van der Waals surface area contributed by atoms with E-state index in [2.05, 4.69) is 27.8 Å². The fourth-order valence-corrected chi connectivity index (χ4v) is 1.12. The van der Waals surface area contributed by atoms with E-state index < -0.39 is 0 Å². The Morgan fingerprint density at radius 1 is 1.25 bits per heavy atom. The Balaban J connectivity index is 2.44. The van der Waals surface area contributed by atoms with E-state index in [0.717, 1.165) is 25.2 Å². The molecule has 0 aliphatic carbocycles. The fourth-order valence-electron chi connectivity index (χ4n) is 1.12. The lowest BCUT2D eigenvalue weighted by atomic mass is 10.3. The average molecular weight is 222 g/mol. The van der Waals surface area contributed by atoms with Gasteiger partial charge in [0.2, 0.25) is 5.91 Å². The zero-order valence-corrected chi connectivity index (χ0v) is 9.79. The predicted octanol–water partition coefficient (Wildman–Crippen LogP) is 2.04. The number of aromatic nitrogens is 2. The lowest BCUT2D eigenvalue weighted by Gasteiger charge is -2.05. The van der Waals surface area contributed by atoms with Crippen LogP contribution in [0.3, 0.4) is 0 Å². The van der Waals surface area contributed by atoms with Gasteiger partial charge in [-0.3, -0.25) is 4.79 Å². The maximum absolute atomic E-state index is 11.1. The van der Waals surface area contributed by atoms with E-state index in [9.17, 15) is 4.79 Å². The zero-order chi connectivity index (χ0) is 11.8. The van der Waals surface area contributed by atoms with Crippen molar-refractivity contribution in [3.8, 4) is 0 Å². The standard InChI is InChI=1S/C11H18N4O/c1-3-5-8-12-9-6-7-10(15-14-9)13-11(16)4-2/h6-7H,3-5,8H2,1-2H3,(H,12,14)(H,13,15,16). The van der Waals surface area contributed by atoms with Crippen LogP contribution in [0, 0.1) is 0 Å². The second-order valence-electron chi connectivity index (χ2n) is 3.49. The van der Waals surface area contributed by atoms with Gasteiger partial charge in [-0.2, -0.15) is 0 Å². The number of nitrogens with one attached hydrogen (secondary N) is 2. The Morgan fingerprint density at radius 2 is 1.94 bits per heavy atom. The molecule has 2 N–H and O–H groups in total. The molecule has 0 fully saturated rings. The van der Waals surface area contributed by atoms with Crippen LogP contribution in [0.1, 0.15) is 33.1 Å². The van der Waals surface area contributed by atoms with Gasteiger partial charge < -0.3 is 10.6 Å². The van der Waals surface area contributed by atoms with Crippen molar-refractivity contribution in [2.75, 3.05) is 17.2 Å². The number of carbonyl (C=O) groups excluding carboxylic acids is 1. The summed E-state index contributed by atoms with van der Waals surface area (Å²) in [7, 11) is 0. The van der Waals surface area contributed by atoms with E-state index in [-0.39, 0.29) is 5.91 Å². The van der Waals surface area contributed by atoms with Crippen LogP contribution in [0.15, 0.2) is 12.1 Å². The molecule has 0 aliphatic heterocycles. The molecule has 16 heavy (non-hydrogen) atoms. The summed E-state index contributed by atoms with van der Waals surface area (Å²) in [4.78, 5) is 11.1. The first-order valence-corrected chi connectivity index (χ1v) is 5.63. The predicted molar refractivity (Wildman–Crippen MR) is 64.4 cm³/mol. The summed E-state index contributed by atoms with van der Waals surface area (Å²) in [6.45, 7) is 4.83. The van der Waals surface area contributed by atoms with Crippen LogP contribution < -0.4 is 10.6 Å². The van der Waals surface area contributed by atoms with Crippen molar-refractivity contribution >= 4 is 17.5 Å². The first-order valence-electron chi connectivity index (χ1n) is 5.63. The van der Waals surface area contributed by atoms with Crippen molar-refractivity contribution in [2.24, 2.45) is 0 Å². The van der Waals surface area contributed by atoms with E-state index in [1.165, 1.54) is 0 Å². The molecule has 0 saturated carbocycles. The molecule has 1 heterocycles. The Labute approximate surface area is 95.7 Å². The summed E-state index contributed by atoms with van der Waals surface area (Å²) in [5, 5.41) is 13.7.